The molecule has 0 amide bonds. The summed E-state index contributed by atoms with van der Waals surface area (Å²) in [5.41, 5.74) is 7.45. The second-order valence-electron chi connectivity index (χ2n) is 5.65. The summed E-state index contributed by atoms with van der Waals surface area (Å²) in [7, 11) is -9.64. The maximum atomic E-state index is 11.2. The standard InChI is InChI=1S/C12H17N3O9P2/c13-7-2-1-3-8-12(7)14-6-15(8)11-4-9(24-26(19,20)21)10(23-11)5-22-25(16,17)18/h1-3,6,9-11H,4-5,13H2,(H2,16,17,18)(H2,19,20,21). The molecule has 144 valence electrons. The van der Waals surface area contributed by atoms with Crippen LogP contribution in [0.25, 0.3) is 11.0 Å². The molecule has 12 nitrogen and oxygen atoms in total. The Morgan fingerprint density at radius 2 is 2.00 bits per heavy atom. The van der Waals surface area contributed by atoms with E-state index in [1.807, 2.05) is 0 Å². The van der Waals surface area contributed by atoms with Gasteiger partial charge in [-0.15, -0.1) is 0 Å². The van der Waals surface area contributed by atoms with Crippen molar-refractivity contribution in [1.29, 1.82) is 0 Å². The fourth-order valence-corrected chi connectivity index (χ4v) is 3.70. The molecule has 1 aromatic heterocycles. The zero-order chi connectivity index (χ0) is 19.1. The van der Waals surface area contributed by atoms with Gasteiger partial charge in [0.2, 0.25) is 0 Å². The van der Waals surface area contributed by atoms with Gasteiger partial charge in [0.1, 0.15) is 24.0 Å². The van der Waals surface area contributed by atoms with E-state index in [1.165, 1.54) is 6.33 Å². The Morgan fingerprint density at radius 1 is 1.27 bits per heavy atom. The van der Waals surface area contributed by atoms with Crippen molar-refractivity contribution in [2.45, 2.75) is 24.9 Å². The van der Waals surface area contributed by atoms with Gasteiger partial charge in [0, 0.05) is 6.42 Å². The summed E-state index contributed by atoms with van der Waals surface area (Å²) >= 11 is 0. The summed E-state index contributed by atoms with van der Waals surface area (Å²) in [5.74, 6) is 0. The van der Waals surface area contributed by atoms with Crippen LogP contribution in [0, 0.1) is 0 Å². The molecule has 3 unspecified atom stereocenters. The number of rotatable bonds is 6. The number of nitrogens with zero attached hydrogens (tertiary/aromatic N) is 2. The number of hydrogen-bond donors (Lipinski definition) is 5. The predicted molar refractivity (Wildman–Crippen MR) is 87.6 cm³/mol. The first-order valence-electron chi connectivity index (χ1n) is 7.34. The van der Waals surface area contributed by atoms with Gasteiger partial charge in [-0.05, 0) is 12.1 Å². The van der Waals surface area contributed by atoms with Gasteiger partial charge in [-0.1, -0.05) is 6.07 Å². The van der Waals surface area contributed by atoms with Gasteiger partial charge in [-0.2, -0.15) is 0 Å². The number of hydrogen-bond acceptors (Lipinski definition) is 7. The summed E-state index contributed by atoms with van der Waals surface area (Å²) in [6, 6.07) is 5.12. The normalized spacial score (nSPS) is 24.4. The van der Waals surface area contributed by atoms with E-state index in [2.05, 4.69) is 9.51 Å². The molecule has 3 rings (SSSR count). The molecule has 3 atom stereocenters. The van der Waals surface area contributed by atoms with E-state index in [4.69, 9.17) is 34.6 Å². The molecule has 0 aliphatic carbocycles. The summed E-state index contributed by atoms with van der Waals surface area (Å²) in [6.07, 6.45) is -1.55. The van der Waals surface area contributed by atoms with Crippen molar-refractivity contribution < 1.29 is 42.5 Å². The van der Waals surface area contributed by atoms with E-state index >= 15 is 0 Å². The number of para-hydroxylation sites is 1. The van der Waals surface area contributed by atoms with Crippen LogP contribution in [0.4, 0.5) is 5.69 Å². The van der Waals surface area contributed by atoms with Gasteiger partial charge in [0.25, 0.3) is 0 Å². The minimum Gasteiger partial charge on any atom is -0.397 e. The Balaban J connectivity index is 1.85. The highest BCUT2D eigenvalue weighted by molar-refractivity contribution is 7.46. The van der Waals surface area contributed by atoms with Gasteiger partial charge in [-0.3, -0.25) is 9.05 Å². The zero-order valence-electron chi connectivity index (χ0n) is 13.2. The largest absolute Gasteiger partial charge is 0.469 e. The van der Waals surface area contributed by atoms with Gasteiger partial charge in [0.15, 0.2) is 0 Å². The van der Waals surface area contributed by atoms with Gasteiger partial charge in [-0.25, -0.2) is 14.1 Å². The Kier molecular flexibility index (Phi) is 5.24. The van der Waals surface area contributed by atoms with E-state index in [-0.39, 0.29) is 6.42 Å². The third-order valence-corrected chi connectivity index (χ3v) is 4.84. The number of ether oxygens (including phenoxy) is 1. The lowest BCUT2D eigenvalue weighted by Gasteiger charge is -2.19. The monoisotopic (exact) mass is 409 g/mol. The number of phosphoric acid groups is 2. The minimum atomic E-state index is -4.85. The lowest BCUT2D eigenvalue weighted by molar-refractivity contribution is -0.0416. The van der Waals surface area contributed by atoms with Crippen LogP contribution in [0.15, 0.2) is 24.5 Å². The molecule has 0 bridgehead atoms. The number of aromatic nitrogens is 2. The fourth-order valence-electron chi connectivity index (χ4n) is 2.79. The highest BCUT2D eigenvalue weighted by Gasteiger charge is 2.42. The highest BCUT2D eigenvalue weighted by Crippen LogP contribution is 2.45. The van der Waals surface area contributed by atoms with E-state index < -0.39 is 40.7 Å². The van der Waals surface area contributed by atoms with E-state index in [0.717, 1.165) is 0 Å². The predicted octanol–water partition coefficient (Wildman–Crippen LogP) is 0.493. The van der Waals surface area contributed by atoms with Gasteiger partial charge in [0.05, 0.1) is 24.1 Å². The summed E-state index contributed by atoms with van der Waals surface area (Å²) < 4.78 is 38.4. The number of nitrogens with two attached hydrogens (primary N) is 1. The molecule has 1 fully saturated rings. The molecule has 26 heavy (non-hydrogen) atoms. The Bertz CT molecular complexity index is 891. The van der Waals surface area contributed by atoms with Crippen molar-refractivity contribution >= 4 is 32.4 Å². The minimum absolute atomic E-state index is 0.000550. The first-order valence-corrected chi connectivity index (χ1v) is 10.4. The lowest BCUT2D eigenvalue weighted by atomic mass is 10.2. The number of phosphoric ester groups is 2. The number of anilines is 1. The van der Waals surface area contributed by atoms with Gasteiger partial charge < -0.3 is 34.6 Å². The van der Waals surface area contributed by atoms with Crippen molar-refractivity contribution in [2.24, 2.45) is 0 Å². The molecule has 2 heterocycles. The lowest BCUT2D eigenvalue weighted by Crippen LogP contribution is -2.28. The van der Waals surface area contributed by atoms with Crippen LogP contribution in [0.5, 0.6) is 0 Å². The maximum absolute atomic E-state index is 11.2. The van der Waals surface area contributed by atoms with E-state index in [1.54, 1.807) is 22.8 Å². The Hall–Kier alpha value is -1.33. The van der Waals surface area contributed by atoms with Gasteiger partial charge >= 0.3 is 15.6 Å². The molecule has 1 aliphatic heterocycles. The molecule has 1 aromatic carbocycles. The fraction of sp³-hybridized carbons (Fsp3) is 0.417. The van der Waals surface area contributed by atoms with Crippen molar-refractivity contribution in [3.8, 4) is 0 Å². The smallest absolute Gasteiger partial charge is 0.397 e. The van der Waals surface area contributed by atoms with Crippen LogP contribution < -0.4 is 5.73 Å². The number of imidazole rings is 1. The average molecular weight is 409 g/mol. The molecule has 6 N–H and O–H groups in total. The van der Waals surface area contributed by atoms with Crippen LogP contribution in [-0.4, -0.2) is 47.9 Å². The van der Waals surface area contributed by atoms with Crippen LogP contribution in [-0.2, 0) is 22.9 Å². The maximum Gasteiger partial charge on any atom is 0.469 e. The second-order valence-corrected chi connectivity index (χ2v) is 8.08. The van der Waals surface area contributed by atoms with Crippen molar-refractivity contribution in [3.63, 3.8) is 0 Å². The van der Waals surface area contributed by atoms with Crippen molar-refractivity contribution in [1.82, 2.24) is 9.55 Å². The Morgan fingerprint density at radius 3 is 2.65 bits per heavy atom. The quantitative estimate of drug-likeness (QED) is 0.330. The van der Waals surface area contributed by atoms with E-state index in [9.17, 15) is 9.13 Å². The van der Waals surface area contributed by atoms with Crippen LogP contribution in [0.1, 0.15) is 12.6 Å². The summed E-state index contributed by atoms with van der Waals surface area (Å²) in [4.78, 5) is 39.9. The molecule has 1 saturated heterocycles. The summed E-state index contributed by atoms with van der Waals surface area (Å²) in [5, 5.41) is 0. The number of nitrogen functional groups attached to an aromatic ring is 1. The van der Waals surface area contributed by atoms with E-state index in [0.29, 0.717) is 16.7 Å². The molecular weight excluding hydrogens is 392 g/mol. The SMILES string of the molecule is Nc1cccc2c1ncn2C1CC(OP(=O)(O)O)C(COP(=O)(O)O)O1. The molecule has 14 heteroatoms. The molecule has 1 aliphatic rings. The molecular formula is C12H17N3O9P2. The first-order chi connectivity index (χ1) is 12.0. The first kappa shape index (κ1) is 19.4. The van der Waals surface area contributed by atoms with Crippen molar-refractivity contribution in [3.05, 3.63) is 24.5 Å². The molecule has 0 radical (unpaired) electrons. The molecule has 0 saturated carbocycles. The topological polar surface area (TPSA) is 187 Å². The van der Waals surface area contributed by atoms with Crippen molar-refractivity contribution in [2.75, 3.05) is 12.3 Å². The molecule has 2 aromatic rings. The highest BCUT2D eigenvalue weighted by atomic mass is 31.2. The third kappa shape index (κ3) is 4.49. The summed E-state index contributed by atoms with van der Waals surface area (Å²) in [6.45, 7) is -0.611. The average Bonchev–Trinajstić information content (AvgIpc) is 3.07. The van der Waals surface area contributed by atoms with Crippen LogP contribution >= 0.6 is 15.6 Å². The second kappa shape index (κ2) is 7.01. The Labute approximate surface area is 147 Å². The molecule has 0 spiro atoms. The number of fused-ring (bicyclic) bond motifs is 1. The van der Waals surface area contributed by atoms with Crippen LogP contribution in [0.2, 0.25) is 0 Å². The zero-order valence-corrected chi connectivity index (χ0v) is 14.9. The third-order valence-electron chi connectivity index (χ3n) is 3.81. The van der Waals surface area contributed by atoms with Crippen LogP contribution in [0.3, 0.4) is 0 Å². The number of benzene rings is 1.